The van der Waals surface area contributed by atoms with Crippen LogP contribution < -0.4 is 4.72 Å². The van der Waals surface area contributed by atoms with Gasteiger partial charge in [-0.05, 0) is 37.0 Å². The van der Waals surface area contributed by atoms with E-state index in [9.17, 15) is 8.42 Å². The van der Waals surface area contributed by atoms with Crippen molar-refractivity contribution in [1.29, 1.82) is 0 Å². The fraction of sp³-hybridized carbons (Fsp3) is 1.00. The molecular weight excluding hydrogens is 258 g/mol. The van der Waals surface area contributed by atoms with Crippen LogP contribution in [-0.2, 0) is 10.0 Å². The molecule has 1 saturated carbocycles. The monoisotopic (exact) mass is 281 g/mol. The summed E-state index contributed by atoms with van der Waals surface area (Å²) in [6, 6.07) is 0.121. The average molecular weight is 282 g/mol. The van der Waals surface area contributed by atoms with Gasteiger partial charge in [-0.25, -0.2) is 13.1 Å². The van der Waals surface area contributed by atoms with Crippen LogP contribution in [0.2, 0.25) is 0 Å². The molecule has 0 aliphatic heterocycles. The molecular formula is C12H24ClNO2S. The largest absolute Gasteiger partial charge is 0.212 e. The number of nitrogens with one attached hydrogen (secondary N) is 1. The molecule has 1 aliphatic rings. The summed E-state index contributed by atoms with van der Waals surface area (Å²) >= 11 is 5.65. The fourth-order valence-electron chi connectivity index (χ4n) is 2.24. The molecule has 0 amide bonds. The summed E-state index contributed by atoms with van der Waals surface area (Å²) in [4.78, 5) is 0. The van der Waals surface area contributed by atoms with E-state index in [0.29, 0.717) is 11.3 Å². The SMILES string of the molecule is CC(CCl)CS(=O)(=O)NC1CCC(C)(C)CC1. The van der Waals surface area contributed by atoms with Crippen LogP contribution in [0.15, 0.2) is 0 Å². The predicted octanol–water partition coefficient (Wildman–Crippen LogP) is 2.75. The molecule has 0 aromatic carbocycles. The summed E-state index contributed by atoms with van der Waals surface area (Å²) in [6.45, 7) is 6.34. The van der Waals surface area contributed by atoms with E-state index in [2.05, 4.69) is 18.6 Å². The van der Waals surface area contributed by atoms with Gasteiger partial charge in [0.15, 0.2) is 0 Å². The van der Waals surface area contributed by atoms with E-state index in [4.69, 9.17) is 11.6 Å². The molecule has 5 heteroatoms. The molecule has 102 valence electrons. The van der Waals surface area contributed by atoms with E-state index < -0.39 is 10.0 Å². The van der Waals surface area contributed by atoms with Crippen LogP contribution in [0.25, 0.3) is 0 Å². The number of halogens is 1. The third kappa shape index (κ3) is 5.58. The predicted molar refractivity (Wildman–Crippen MR) is 72.8 cm³/mol. The molecule has 1 fully saturated rings. The van der Waals surface area contributed by atoms with E-state index in [1.54, 1.807) is 0 Å². The van der Waals surface area contributed by atoms with Crippen molar-refractivity contribution in [2.75, 3.05) is 11.6 Å². The van der Waals surface area contributed by atoms with E-state index in [1.807, 2.05) is 6.92 Å². The lowest BCUT2D eigenvalue weighted by molar-refractivity contribution is 0.218. The second-order valence-corrected chi connectivity index (χ2v) is 8.20. The molecule has 0 spiro atoms. The summed E-state index contributed by atoms with van der Waals surface area (Å²) in [5, 5.41) is 0. The van der Waals surface area contributed by atoms with Crippen molar-refractivity contribution in [3.8, 4) is 0 Å². The normalized spacial score (nSPS) is 23.5. The van der Waals surface area contributed by atoms with Gasteiger partial charge in [-0.3, -0.25) is 0 Å². The van der Waals surface area contributed by atoms with E-state index in [-0.39, 0.29) is 17.7 Å². The van der Waals surface area contributed by atoms with Crippen LogP contribution in [0.5, 0.6) is 0 Å². The molecule has 0 aromatic heterocycles. The van der Waals surface area contributed by atoms with Gasteiger partial charge in [0.25, 0.3) is 0 Å². The molecule has 0 saturated heterocycles. The van der Waals surface area contributed by atoms with E-state index >= 15 is 0 Å². The van der Waals surface area contributed by atoms with Gasteiger partial charge in [-0.1, -0.05) is 20.8 Å². The quantitative estimate of drug-likeness (QED) is 0.788. The summed E-state index contributed by atoms with van der Waals surface area (Å²) < 4.78 is 26.5. The lowest BCUT2D eigenvalue weighted by Crippen LogP contribution is -2.41. The molecule has 0 aromatic rings. The maximum atomic E-state index is 11.9. The third-order valence-corrected chi connectivity index (χ3v) is 5.68. The van der Waals surface area contributed by atoms with Gasteiger partial charge in [0, 0.05) is 11.9 Å². The van der Waals surface area contributed by atoms with Crippen molar-refractivity contribution in [3.05, 3.63) is 0 Å². The Morgan fingerprint density at radius 2 is 1.88 bits per heavy atom. The van der Waals surface area contributed by atoms with Gasteiger partial charge in [0.2, 0.25) is 10.0 Å². The first kappa shape index (κ1) is 15.3. The van der Waals surface area contributed by atoms with E-state index in [1.165, 1.54) is 0 Å². The molecule has 1 aliphatic carbocycles. The van der Waals surface area contributed by atoms with Crippen molar-refractivity contribution in [2.24, 2.45) is 11.3 Å². The van der Waals surface area contributed by atoms with Crippen molar-refractivity contribution < 1.29 is 8.42 Å². The molecule has 3 nitrogen and oxygen atoms in total. The minimum absolute atomic E-state index is 0.00852. The Kier molecular flexibility index (Phi) is 5.29. The zero-order chi connectivity index (χ0) is 13.1. The van der Waals surface area contributed by atoms with Crippen LogP contribution in [0, 0.1) is 11.3 Å². The van der Waals surface area contributed by atoms with Gasteiger partial charge in [-0.15, -0.1) is 11.6 Å². The van der Waals surface area contributed by atoms with Gasteiger partial charge in [-0.2, -0.15) is 0 Å². The molecule has 0 bridgehead atoms. The van der Waals surface area contributed by atoms with Crippen LogP contribution in [0.4, 0.5) is 0 Å². The van der Waals surface area contributed by atoms with Crippen molar-refractivity contribution in [3.63, 3.8) is 0 Å². The number of hydrogen-bond donors (Lipinski definition) is 1. The number of alkyl halides is 1. The summed E-state index contributed by atoms with van der Waals surface area (Å²) in [5.41, 5.74) is 0.366. The first-order valence-corrected chi connectivity index (χ1v) is 8.49. The Labute approximate surface area is 110 Å². The molecule has 0 heterocycles. The topological polar surface area (TPSA) is 46.2 Å². The summed E-state index contributed by atoms with van der Waals surface area (Å²) in [5.74, 6) is 0.531. The lowest BCUT2D eigenvalue weighted by Gasteiger charge is -2.34. The molecule has 1 rings (SSSR count). The Morgan fingerprint density at radius 3 is 2.35 bits per heavy atom. The Bertz CT molecular complexity index is 330. The lowest BCUT2D eigenvalue weighted by atomic mass is 9.76. The highest BCUT2D eigenvalue weighted by molar-refractivity contribution is 7.89. The standard InChI is InChI=1S/C12H24ClNO2S/c1-10(8-13)9-17(15,16)14-11-4-6-12(2,3)7-5-11/h10-11,14H,4-9H2,1-3H3. The zero-order valence-corrected chi connectivity index (χ0v) is 12.6. The van der Waals surface area contributed by atoms with Crippen molar-refractivity contribution >= 4 is 21.6 Å². The van der Waals surface area contributed by atoms with Crippen LogP contribution >= 0.6 is 11.6 Å². The second-order valence-electron chi connectivity index (χ2n) is 6.10. The maximum Gasteiger partial charge on any atom is 0.212 e. The smallest absolute Gasteiger partial charge is 0.212 e. The van der Waals surface area contributed by atoms with Crippen LogP contribution in [-0.4, -0.2) is 26.1 Å². The van der Waals surface area contributed by atoms with Crippen molar-refractivity contribution in [1.82, 2.24) is 4.72 Å². The van der Waals surface area contributed by atoms with Crippen molar-refractivity contribution in [2.45, 2.75) is 52.5 Å². The molecule has 1 N–H and O–H groups in total. The fourth-order valence-corrected chi connectivity index (χ4v) is 4.18. The second kappa shape index (κ2) is 5.89. The Balaban J connectivity index is 2.44. The first-order chi connectivity index (χ1) is 7.74. The Morgan fingerprint density at radius 1 is 1.35 bits per heavy atom. The summed E-state index contributed by atoms with van der Waals surface area (Å²) in [7, 11) is -3.16. The van der Waals surface area contributed by atoms with E-state index in [0.717, 1.165) is 25.7 Å². The molecule has 17 heavy (non-hydrogen) atoms. The van der Waals surface area contributed by atoms with Gasteiger partial charge in [0.1, 0.15) is 0 Å². The molecule has 1 atom stereocenters. The minimum atomic E-state index is -3.16. The number of hydrogen-bond acceptors (Lipinski definition) is 2. The molecule has 1 unspecified atom stereocenters. The van der Waals surface area contributed by atoms with Gasteiger partial charge < -0.3 is 0 Å². The maximum absolute atomic E-state index is 11.9. The van der Waals surface area contributed by atoms with Crippen LogP contribution in [0.1, 0.15) is 46.5 Å². The number of sulfonamides is 1. The average Bonchev–Trinajstić information content (AvgIpc) is 2.20. The first-order valence-electron chi connectivity index (χ1n) is 6.30. The van der Waals surface area contributed by atoms with Crippen LogP contribution in [0.3, 0.4) is 0 Å². The highest BCUT2D eigenvalue weighted by atomic mass is 35.5. The Hall–Kier alpha value is 0.200. The zero-order valence-electron chi connectivity index (χ0n) is 11.0. The highest BCUT2D eigenvalue weighted by Crippen LogP contribution is 2.35. The number of rotatable bonds is 5. The van der Waals surface area contributed by atoms with Gasteiger partial charge >= 0.3 is 0 Å². The van der Waals surface area contributed by atoms with Gasteiger partial charge in [0.05, 0.1) is 5.75 Å². The summed E-state index contributed by atoms with van der Waals surface area (Å²) in [6.07, 6.45) is 4.07. The minimum Gasteiger partial charge on any atom is -0.212 e. The molecule has 0 radical (unpaired) electrons. The third-order valence-electron chi connectivity index (χ3n) is 3.45. The highest BCUT2D eigenvalue weighted by Gasteiger charge is 2.29.